The van der Waals surface area contributed by atoms with Crippen LogP contribution in [0.1, 0.15) is 11.1 Å². The SMILES string of the molecule is COc1cc(CN)ccc1OCc1c(Cl)cccc1Cl. The molecule has 0 atom stereocenters. The molecule has 0 amide bonds. The first-order chi connectivity index (χ1) is 9.65. The lowest BCUT2D eigenvalue weighted by atomic mass is 10.2. The van der Waals surface area contributed by atoms with Gasteiger partial charge in [0.25, 0.3) is 0 Å². The summed E-state index contributed by atoms with van der Waals surface area (Å²) in [4.78, 5) is 0. The molecule has 0 radical (unpaired) electrons. The molecule has 0 saturated carbocycles. The van der Waals surface area contributed by atoms with E-state index < -0.39 is 0 Å². The average Bonchev–Trinajstić information content (AvgIpc) is 2.46. The molecule has 0 unspecified atom stereocenters. The van der Waals surface area contributed by atoms with Gasteiger partial charge < -0.3 is 15.2 Å². The Morgan fingerprint density at radius 2 is 1.75 bits per heavy atom. The molecule has 0 fully saturated rings. The van der Waals surface area contributed by atoms with Crippen molar-refractivity contribution in [1.29, 1.82) is 0 Å². The summed E-state index contributed by atoms with van der Waals surface area (Å²) in [5.41, 5.74) is 7.32. The normalized spacial score (nSPS) is 10.4. The standard InChI is InChI=1S/C15H15Cl2NO2/c1-19-15-7-10(8-18)5-6-14(15)20-9-11-12(16)3-2-4-13(11)17/h2-7H,8-9,18H2,1H3. The van der Waals surface area contributed by atoms with Gasteiger partial charge in [0.15, 0.2) is 11.5 Å². The van der Waals surface area contributed by atoms with E-state index in [1.165, 1.54) is 0 Å². The summed E-state index contributed by atoms with van der Waals surface area (Å²) >= 11 is 12.2. The number of rotatable bonds is 5. The first-order valence-electron chi connectivity index (χ1n) is 6.08. The second-order valence-electron chi connectivity index (χ2n) is 4.18. The Labute approximate surface area is 128 Å². The van der Waals surface area contributed by atoms with Crippen LogP contribution in [0, 0.1) is 0 Å². The van der Waals surface area contributed by atoms with Gasteiger partial charge in [-0.3, -0.25) is 0 Å². The van der Waals surface area contributed by atoms with Crippen LogP contribution >= 0.6 is 23.2 Å². The van der Waals surface area contributed by atoms with Gasteiger partial charge in [0.05, 0.1) is 7.11 Å². The highest BCUT2D eigenvalue weighted by Crippen LogP contribution is 2.31. The quantitative estimate of drug-likeness (QED) is 0.906. The zero-order valence-electron chi connectivity index (χ0n) is 11.0. The van der Waals surface area contributed by atoms with Crippen LogP contribution < -0.4 is 15.2 Å². The van der Waals surface area contributed by atoms with Gasteiger partial charge in [-0.1, -0.05) is 35.3 Å². The maximum Gasteiger partial charge on any atom is 0.161 e. The number of halogens is 2. The molecule has 0 spiro atoms. The lowest BCUT2D eigenvalue weighted by Gasteiger charge is -2.13. The Hall–Kier alpha value is -1.42. The van der Waals surface area contributed by atoms with E-state index >= 15 is 0 Å². The molecule has 0 aromatic heterocycles. The molecule has 0 aliphatic rings. The van der Waals surface area contributed by atoms with Crippen molar-refractivity contribution in [2.75, 3.05) is 7.11 Å². The van der Waals surface area contributed by atoms with Gasteiger partial charge in [-0.15, -0.1) is 0 Å². The summed E-state index contributed by atoms with van der Waals surface area (Å²) in [5.74, 6) is 1.26. The summed E-state index contributed by atoms with van der Waals surface area (Å²) in [6.07, 6.45) is 0. The predicted octanol–water partition coefficient (Wildman–Crippen LogP) is 4.04. The van der Waals surface area contributed by atoms with Crippen molar-refractivity contribution >= 4 is 23.2 Å². The highest BCUT2D eigenvalue weighted by molar-refractivity contribution is 6.35. The predicted molar refractivity (Wildman–Crippen MR) is 81.7 cm³/mol. The van der Waals surface area contributed by atoms with Crippen molar-refractivity contribution < 1.29 is 9.47 Å². The largest absolute Gasteiger partial charge is 0.493 e. The summed E-state index contributed by atoms with van der Waals surface area (Å²) in [6, 6.07) is 10.9. The van der Waals surface area contributed by atoms with Crippen molar-refractivity contribution in [2.24, 2.45) is 5.73 Å². The minimum absolute atomic E-state index is 0.275. The average molecular weight is 312 g/mol. The van der Waals surface area contributed by atoms with Crippen LogP contribution in [0.25, 0.3) is 0 Å². The topological polar surface area (TPSA) is 44.5 Å². The van der Waals surface area contributed by atoms with Gasteiger partial charge in [-0.05, 0) is 29.8 Å². The Kier molecular flexibility index (Phi) is 5.12. The first-order valence-corrected chi connectivity index (χ1v) is 6.84. The molecular weight excluding hydrogens is 297 g/mol. The van der Waals surface area contributed by atoms with E-state index in [2.05, 4.69) is 0 Å². The molecule has 2 aromatic rings. The molecule has 2 N–H and O–H groups in total. The molecule has 106 valence electrons. The number of methoxy groups -OCH3 is 1. The van der Waals surface area contributed by atoms with Gasteiger partial charge >= 0.3 is 0 Å². The monoisotopic (exact) mass is 311 g/mol. The number of ether oxygens (including phenoxy) is 2. The van der Waals surface area contributed by atoms with E-state index in [1.807, 2.05) is 18.2 Å². The molecule has 2 rings (SSSR count). The van der Waals surface area contributed by atoms with Gasteiger partial charge in [-0.2, -0.15) is 0 Å². The Balaban J connectivity index is 2.19. The molecular formula is C15H15Cl2NO2. The van der Waals surface area contributed by atoms with Crippen molar-refractivity contribution in [3.05, 3.63) is 57.6 Å². The summed E-state index contributed by atoms with van der Waals surface area (Å²) in [6.45, 7) is 0.726. The number of nitrogens with two attached hydrogens (primary N) is 1. The molecule has 5 heteroatoms. The zero-order valence-corrected chi connectivity index (χ0v) is 12.5. The lowest BCUT2D eigenvalue weighted by Crippen LogP contribution is -2.01. The number of benzene rings is 2. The maximum atomic E-state index is 6.10. The van der Waals surface area contributed by atoms with Crippen LogP contribution in [0.15, 0.2) is 36.4 Å². The van der Waals surface area contributed by atoms with E-state index in [4.69, 9.17) is 38.4 Å². The smallest absolute Gasteiger partial charge is 0.161 e. The van der Waals surface area contributed by atoms with Crippen molar-refractivity contribution in [2.45, 2.75) is 13.2 Å². The maximum absolute atomic E-state index is 6.10. The molecule has 20 heavy (non-hydrogen) atoms. The number of hydrogen-bond donors (Lipinski definition) is 1. The molecule has 0 saturated heterocycles. The van der Waals surface area contributed by atoms with E-state index in [9.17, 15) is 0 Å². The molecule has 0 bridgehead atoms. The van der Waals surface area contributed by atoms with Crippen molar-refractivity contribution in [3.63, 3.8) is 0 Å². The van der Waals surface area contributed by atoms with Crippen molar-refractivity contribution in [3.8, 4) is 11.5 Å². The highest BCUT2D eigenvalue weighted by Gasteiger charge is 2.09. The van der Waals surface area contributed by atoms with Gasteiger partial charge in [-0.25, -0.2) is 0 Å². The minimum Gasteiger partial charge on any atom is -0.493 e. The fraction of sp³-hybridized carbons (Fsp3) is 0.200. The van der Waals surface area contributed by atoms with Crippen LogP contribution in [0.2, 0.25) is 10.0 Å². The van der Waals surface area contributed by atoms with Gasteiger partial charge in [0.2, 0.25) is 0 Å². The van der Waals surface area contributed by atoms with Crippen LogP contribution in [0.3, 0.4) is 0 Å². The Morgan fingerprint density at radius 1 is 1.05 bits per heavy atom. The summed E-state index contributed by atoms with van der Waals surface area (Å²) in [7, 11) is 1.59. The van der Waals surface area contributed by atoms with Crippen LogP contribution in [-0.2, 0) is 13.2 Å². The summed E-state index contributed by atoms with van der Waals surface area (Å²) < 4.78 is 11.0. The minimum atomic E-state index is 0.275. The summed E-state index contributed by atoms with van der Waals surface area (Å²) in [5, 5.41) is 1.16. The second-order valence-corrected chi connectivity index (χ2v) is 4.99. The number of hydrogen-bond acceptors (Lipinski definition) is 3. The fourth-order valence-electron chi connectivity index (χ4n) is 1.78. The molecule has 0 aliphatic carbocycles. The fourth-order valence-corrected chi connectivity index (χ4v) is 2.28. The second kappa shape index (κ2) is 6.84. The van der Waals surface area contributed by atoms with Crippen LogP contribution in [-0.4, -0.2) is 7.11 Å². The molecule has 2 aromatic carbocycles. The highest BCUT2D eigenvalue weighted by atomic mass is 35.5. The van der Waals surface area contributed by atoms with Gasteiger partial charge in [0, 0.05) is 22.2 Å². The zero-order chi connectivity index (χ0) is 14.5. The van der Waals surface area contributed by atoms with E-state index in [0.29, 0.717) is 28.1 Å². The van der Waals surface area contributed by atoms with E-state index in [1.54, 1.807) is 25.3 Å². The molecule has 0 heterocycles. The molecule has 3 nitrogen and oxygen atoms in total. The third-order valence-corrected chi connectivity index (χ3v) is 3.61. The Bertz CT molecular complexity index is 582. The van der Waals surface area contributed by atoms with E-state index in [-0.39, 0.29) is 6.61 Å². The first kappa shape index (κ1) is 15.0. The third kappa shape index (κ3) is 3.37. The van der Waals surface area contributed by atoms with Crippen LogP contribution in [0.4, 0.5) is 0 Å². The third-order valence-electron chi connectivity index (χ3n) is 2.90. The van der Waals surface area contributed by atoms with E-state index in [0.717, 1.165) is 11.1 Å². The molecule has 0 aliphatic heterocycles. The van der Waals surface area contributed by atoms with Crippen LogP contribution in [0.5, 0.6) is 11.5 Å². The van der Waals surface area contributed by atoms with Gasteiger partial charge in [0.1, 0.15) is 6.61 Å². The lowest BCUT2D eigenvalue weighted by molar-refractivity contribution is 0.284. The van der Waals surface area contributed by atoms with Crippen molar-refractivity contribution in [1.82, 2.24) is 0 Å². The Morgan fingerprint density at radius 3 is 2.35 bits per heavy atom.